The summed E-state index contributed by atoms with van der Waals surface area (Å²) in [5, 5.41) is 9.11. The van der Waals surface area contributed by atoms with Crippen LogP contribution in [0.1, 0.15) is 12.8 Å². The Morgan fingerprint density at radius 1 is 1.16 bits per heavy atom. The second kappa shape index (κ2) is 5.13. The van der Waals surface area contributed by atoms with Gasteiger partial charge in [0, 0.05) is 44.6 Å². The number of rotatable bonds is 3. The Balaban J connectivity index is 1.57. The first-order valence-electron chi connectivity index (χ1n) is 6.74. The van der Waals surface area contributed by atoms with Crippen molar-refractivity contribution in [1.29, 1.82) is 0 Å². The third-order valence-electron chi connectivity index (χ3n) is 4.17. The molecule has 0 radical (unpaired) electrons. The summed E-state index contributed by atoms with van der Waals surface area (Å²) in [6.07, 6.45) is 5.34. The number of aromatic nitrogens is 2. The van der Waals surface area contributed by atoms with Crippen LogP contribution in [0.4, 0.5) is 5.95 Å². The van der Waals surface area contributed by atoms with Crippen LogP contribution in [0, 0.1) is 5.92 Å². The van der Waals surface area contributed by atoms with E-state index in [1.54, 1.807) is 12.4 Å². The maximum atomic E-state index is 11.1. The van der Waals surface area contributed by atoms with Crippen molar-refractivity contribution in [2.24, 2.45) is 5.92 Å². The highest BCUT2D eigenvalue weighted by Gasteiger charge is 2.41. The number of hydrogen-bond acceptors (Lipinski definition) is 5. The van der Waals surface area contributed by atoms with Crippen molar-refractivity contribution in [2.75, 3.05) is 31.1 Å². The zero-order valence-corrected chi connectivity index (χ0v) is 10.8. The average Bonchev–Trinajstić information content (AvgIpc) is 2.39. The summed E-state index contributed by atoms with van der Waals surface area (Å²) < 4.78 is 0. The molecule has 0 bridgehead atoms. The van der Waals surface area contributed by atoms with E-state index in [4.69, 9.17) is 5.11 Å². The number of carbonyl (C=O) groups is 1. The minimum atomic E-state index is -0.648. The average molecular weight is 262 g/mol. The van der Waals surface area contributed by atoms with Crippen LogP contribution in [0.3, 0.4) is 0 Å². The molecule has 19 heavy (non-hydrogen) atoms. The van der Waals surface area contributed by atoms with E-state index in [-0.39, 0.29) is 12.0 Å². The van der Waals surface area contributed by atoms with E-state index in [1.807, 2.05) is 6.07 Å². The van der Waals surface area contributed by atoms with Gasteiger partial charge >= 0.3 is 5.97 Å². The molecule has 1 aliphatic heterocycles. The van der Waals surface area contributed by atoms with Gasteiger partial charge in [0.15, 0.2) is 0 Å². The number of aliphatic carboxylic acids is 1. The third-order valence-corrected chi connectivity index (χ3v) is 4.17. The van der Waals surface area contributed by atoms with Gasteiger partial charge in [-0.05, 0) is 18.9 Å². The molecule has 0 spiro atoms. The van der Waals surface area contributed by atoms with E-state index < -0.39 is 5.97 Å². The van der Waals surface area contributed by atoms with Gasteiger partial charge in [-0.15, -0.1) is 0 Å². The zero-order valence-electron chi connectivity index (χ0n) is 10.8. The molecular weight excluding hydrogens is 244 g/mol. The summed E-state index contributed by atoms with van der Waals surface area (Å²) in [6.45, 7) is 3.53. The van der Waals surface area contributed by atoms with E-state index in [0.717, 1.165) is 45.0 Å². The van der Waals surface area contributed by atoms with Crippen LogP contribution < -0.4 is 4.90 Å². The molecule has 6 nitrogen and oxygen atoms in total. The largest absolute Gasteiger partial charge is 0.481 e. The molecule has 1 aromatic rings. The fraction of sp³-hybridized carbons (Fsp3) is 0.615. The molecule has 6 heteroatoms. The Kier molecular flexibility index (Phi) is 3.33. The Labute approximate surface area is 112 Å². The molecule has 102 valence electrons. The van der Waals surface area contributed by atoms with Crippen LogP contribution in [0.15, 0.2) is 18.5 Å². The number of carboxylic acid groups (broad SMARTS) is 1. The number of hydrogen-bond donors (Lipinski definition) is 1. The quantitative estimate of drug-likeness (QED) is 0.853. The van der Waals surface area contributed by atoms with E-state index in [0.29, 0.717) is 0 Å². The molecule has 2 heterocycles. The first kappa shape index (κ1) is 12.3. The molecule has 2 aliphatic rings. The van der Waals surface area contributed by atoms with Gasteiger partial charge in [0.1, 0.15) is 0 Å². The summed E-state index contributed by atoms with van der Waals surface area (Å²) >= 11 is 0. The van der Waals surface area contributed by atoms with Crippen molar-refractivity contribution in [3.05, 3.63) is 18.5 Å². The lowest BCUT2D eigenvalue weighted by molar-refractivity contribution is -0.149. The van der Waals surface area contributed by atoms with E-state index in [1.165, 1.54) is 0 Å². The van der Waals surface area contributed by atoms with Crippen LogP contribution in [-0.2, 0) is 4.79 Å². The lowest BCUT2D eigenvalue weighted by Gasteiger charge is -2.46. The molecule has 1 N–H and O–H groups in total. The molecule has 3 rings (SSSR count). The van der Waals surface area contributed by atoms with Crippen LogP contribution in [0.25, 0.3) is 0 Å². The molecule has 1 saturated heterocycles. The molecule has 2 unspecified atom stereocenters. The van der Waals surface area contributed by atoms with Crippen molar-refractivity contribution in [1.82, 2.24) is 14.9 Å². The van der Waals surface area contributed by atoms with Crippen molar-refractivity contribution < 1.29 is 9.90 Å². The first-order valence-corrected chi connectivity index (χ1v) is 6.74. The molecule has 1 saturated carbocycles. The maximum Gasteiger partial charge on any atom is 0.308 e. The summed E-state index contributed by atoms with van der Waals surface area (Å²) in [5.41, 5.74) is 0. The van der Waals surface area contributed by atoms with E-state index >= 15 is 0 Å². The van der Waals surface area contributed by atoms with E-state index in [9.17, 15) is 4.79 Å². The summed E-state index contributed by atoms with van der Waals surface area (Å²) in [7, 11) is 0. The second-order valence-corrected chi connectivity index (χ2v) is 5.16. The predicted octanol–water partition coefficient (Wildman–Crippen LogP) is 0.462. The van der Waals surface area contributed by atoms with Crippen LogP contribution in [0.2, 0.25) is 0 Å². The summed E-state index contributed by atoms with van der Waals surface area (Å²) in [6, 6.07) is 2.04. The number of carboxylic acids is 1. The van der Waals surface area contributed by atoms with Crippen LogP contribution in [-0.4, -0.2) is 58.2 Å². The molecule has 2 atom stereocenters. The fourth-order valence-corrected chi connectivity index (χ4v) is 2.92. The van der Waals surface area contributed by atoms with Gasteiger partial charge in [0.25, 0.3) is 0 Å². The second-order valence-electron chi connectivity index (χ2n) is 5.16. The van der Waals surface area contributed by atoms with Gasteiger partial charge in [-0.2, -0.15) is 0 Å². The van der Waals surface area contributed by atoms with Crippen LogP contribution >= 0.6 is 0 Å². The SMILES string of the molecule is O=C(O)C1CCC1N1CCN(c2ncccn2)CC1. The Morgan fingerprint density at radius 3 is 2.37 bits per heavy atom. The number of anilines is 1. The standard InChI is InChI=1S/C13H18N4O2/c18-12(19)10-2-3-11(10)16-6-8-17(9-7-16)13-14-4-1-5-15-13/h1,4-5,10-11H,2-3,6-9H2,(H,18,19). The van der Waals surface area contributed by atoms with Gasteiger partial charge in [0.2, 0.25) is 5.95 Å². The van der Waals surface area contributed by atoms with Gasteiger partial charge in [0.05, 0.1) is 5.92 Å². The smallest absolute Gasteiger partial charge is 0.308 e. The maximum absolute atomic E-state index is 11.1. The summed E-state index contributed by atoms with van der Waals surface area (Å²) in [4.78, 5) is 24.0. The monoisotopic (exact) mass is 262 g/mol. The van der Waals surface area contributed by atoms with Gasteiger partial charge in [-0.1, -0.05) is 0 Å². The highest BCUT2D eigenvalue weighted by molar-refractivity contribution is 5.72. The highest BCUT2D eigenvalue weighted by Crippen LogP contribution is 2.33. The Hall–Kier alpha value is -1.69. The molecule has 2 fully saturated rings. The topological polar surface area (TPSA) is 69.6 Å². The molecule has 1 aliphatic carbocycles. The van der Waals surface area contributed by atoms with Crippen molar-refractivity contribution in [3.8, 4) is 0 Å². The minimum Gasteiger partial charge on any atom is -0.481 e. The molecular formula is C13H18N4O2. The number of nitrogens with zero attached hydrogens (tertiary/aromatic N) is 4. The molecule has 0 amide bonds. The zero-order chi connectivity index (χ0) is 13.2. The highest BCUT2D eigenvalue weighted by atomic mass is 16.4. The minimum absolute atomic E-state index is 0.167. The predicted molar refractivity (Wildman–Crippen MR) is 70.0 cm³/mol. The van der Waals surface area contributed by atoms with Crippen molar-refractivity contribution >= 4 is 11.9 Å². The lowest BCUT2D eigenvalue weighted by Crippen LogP contribution is -2.57. The first-order chi connectivity index (χ1) is 9.25. The summed E-state index contributed by atoms with van der Waals surface area (Å²) in [5.74, 6) is -0.0462. The number of piperazine rings is 1. The molecule has 1 aromatic heterocycles. The van der Waals surface area contributed by atoms with Gasteiger partial charge < -0.3 is 10.0 Å². The third kappa shape index (κ3) is 2.40. The van der Waals surface area contributed by atoms with E-state index in [2.05, 4.69) is 19.8 Å². The normalized spacial score (nSPS) is 27.9. The van der Waals surface area contributed by atoms with Gasteiger partial charge in [-0.25, -0.2) is 9.97 Å². The molecule has 0 aromatic carbocycles. The lowest BCUT2D eigenvalue weighted by atomic mass is 9.78. The Morgan fingerprint density at radius 2 is 1.84 bits per heavy atom. The van der Waals surface area contributed by atoms with Crippen molar-refractivity contribution in [2.45, 2.75) is 18.9 Å². The van der Waals surface area contributed by atoms with Gasteiger partial charge in [-0.3, -0.25) is 9.69 Å². The Bertz CT molecular complexity index is 445. The van der Waals surface area contributed by atoms with Crippen molar-refractivity contribution in [3.63, 3.8) is 0 Å². The fourth-order valence-electron chi connectivity index (χ4n) is 2.92. The van der Waals surface area contributed by atoms with Crippen LogP contribution in [0.5, 0.6) is 0 Å².